The maximum Gasteiger partial charge on any atom is 0.289 e. The maximum atomic E-state index is 12.5. The summed E-state index contributed by atoms with van der Waals surface area (Å²) in [6, 6.07) is 13.2. The lowest BCUT2D eigenvalue weighted by atomic mass is 10.2. The van der Waals surface area contributed by atoms with Crippen LogP contribution in [0.4, 0.5) is 11.4 Å². The van der Waals surface area contributed by atoms with Crippen molar-refractivity contribution in [2.24, 2.45) is 0 Å². The van der Waals surface area contributed by atoms with E-state index in [4.69, 9.17) is 11.6 Å². The molecule has 1 amide bonds. The molecule has 0 spiro atoms. The van der Waals surface area contributed by atoms with Gasteiger partial charge < -0.3 is 5.32 Å². The van der Waals surface area contributed by atoms with Gasteiger partial charge in [-0.2, -0.15) is 4.31 Å². The minimum absolute atomic E-state index is 0.0124. The predicted octanol–water partition coefficient (Wildman–Crippen LogP) is 2.80. The van der Waals surface area contributed by atoms with Gasteiger partial charge in [-0.15, -0.1) is 0 Å². The lowest BCUT2D eigenvalue weighted by Crippen LogP contribution is -2.49. The number of hydrogen-bond donors (Lipinski definition) is 1. The third-order valence-corrected chi connectivity index (χ3v) is 6.60. The molecule has 9 nitrogen and oxygen atoms in total. The summed E-state index contributed by atoms with van der Waals surface area (Å²) < 4.78 is 26.4. The van der Waals surface area contributed by atoms with Gasteiger partial charge in [0.1, 0.15) is 5.02 Å². The molecule has 1 N–H and O–H groups in total. The third-order valence-electron chi connectivity index (χ3n) is 4.72. The van der Waals surface area contributed by atoms with Gasteiger partial charge >= 0.3 is 0 Å². The van der Waals surface area contributed by atoms with Crippen LogP contribution in [0.5, 0.6) is 0 Å². The van der Waals surface area contributed by atoms with Crippen LogP contribution in [0.3, 0.4) is 0 Å². The Bertz CT molecular complexity index is 1080. The second-order valence-corrected chi connectivity index (χ2v) is 9.13. The fourth-order valence-electron chi connectivity index (χ4n) is 3.09. The number of amides is 1. The molecule has 164 valence electrons. The molecule has 0 atom stereocenters. The number of nitro groups is 1. The van der Waals surface area contributed by atoms with Crippen LogP contribution in [0.15, 0.2) is 53.9 Å². The third kappa shape index (κ3) is 6.34. The monoisotopic (exact) mass is 464 g/mol. The van der Waals surface area contributed by atoms with Crippen molar-refractivity contribution >= 4 is 45.0 Å². The van der Waals surface area contributed by atoms with E-state index in [0.29, 0.717) is 13.1 Å². The van der Waals surface area contributed by atoms with Gasteiger partial charge in [-0.25, -0.2) is 8.42 Å². The van der Waals surface area contributed by atoms with E-state index in [1.807, 2.05) is 35.2 Å². The molecule has 0 aliphatic carbocycles. The number of benzene rings is 2. The molecule has 1 fully saturated rings. The number of nitrogens with one attached hydrogen (secondary N) is 1. The summed E-state index contributed by atoms with van der Waals surface area (Å²) in [4.78, 5) is 24.4. The molecule has 0 unspecified atom stereocenters. The van der Waals surface area contributed by atoms with Crippen LogP contribution in [0.1, 0.15) is 5.56 Å². The van der Waals surface area contributed by atoms with E-state index in [-0.39, 0.29) is 41.9 Å². The first-order valence-corrected chi connectivity index (χ1v) is 11.3. The van der Waals surface area contributed by atoms with Crippen LogP contribution in [0, 0.1) is 10.1 Å². The van der Waals surface area contributed by atoms with Crippen molar-refractivity contribution in [3.8, 4) is 0 Å². The standard InChI is InChI=1S/C20H21ClN4O5S/c21-18-7-6-17(14-19(18)25(27)28)22-20(26)15-23-9-11-24(12-10-23)31(29,30)13-8-16-4-2-1-3-5-16/h1-8,13-14H,9-12,15H2,(H,22,26)/b13-8+. The molecule has 1 saturated heterocycles. The van der Waals surface area contributed by atoms with Gasteiger partial charge in [0.15, 0.2) is 0 Å². The molecule has 2 aromatic rings. The first kappa shape index (κ1) is 22.9. The summed E-state index contributed by atoms with van der Waals surface area (Å²) in [6.07, 6.45) is 1.56. The van der Waals surface area contributed by atoms with Gasteiger partial charge in [-0.3, -0.25) is 19.8 Å². The lowest BCUT2D eigenvalue weighted by Gasteiger charge is -2.32. The Kier molecular flexibility index (Phi) is 7.39. The molecule has 1 aliphatic rings. The first-order chi connectivity index (χ1) is 14.7. The highest BCUT2D eigenvalue weighted by molar-refractivity contribution is 7.92. The minimum atomic E-state index is -3.55. The van der Waals surface area contributed by atoms with Crippen LogP contribution in [-0.2, 0) is 14.8 Å². The average Bonchev–Trinajstić information content (AvgIpc) is 2.74. The summed E-state index contributed by atoms with van der Waals surface area (Å²) in [7, 11) is -3.55. The van der Waals surface area contributed by atoms with E-state index >= 15 is 0 Å². The van der Waals surface area contributed by atoms with Gasteiger partial charge in [0.2, 0.25) is 15.9 Å². The van der Waals surface area contributed by atoms with Crippen molar-refractivity contribution in [2.75, 3.05) is 38.0 Å². The number of sulfonamides is 1. The molecule has 0 saturated carbocycles. The van der Waals surface area contributed by atoms with Gasteiger partial charge in [0, 0.05) is 43.3 Å². The van der Waals surface area contributed by atoms with Gasteiger partial charge in [0.05, 0.1) is 11.5 Å². The number of piperazine rings is 1. The van der Waals surface area contributed by atoms with Gasteiger partial charge in [0.25, 0.3) is 5.69 Å². The van der Waals surface area contributed by atoms with Crippen LogP contribution in [0.2, 0.25) is 5.02 Å². The van der Waals surface area contributed by atoms with E-state index < -0.39 is 14.9 Å². The minimum Gasteiger partial charge on any atom is -0.325 e. The second kappa shape index (κ2) is 10.0. The maximum absolute atomic E-state index is 12.5. The van der Waals surface area contributed by atoms with Crippen LogP contribution >= 0.6 is 11.6 Å². The normalized spacial score (nSPS) is 15.8. The highest BCUT2D eigenvalue weighted by Gasteiger charge is 2.26. The van der Waals surface area contributed by atoms with Crippen molar-refractivity contribution in [3.63, 3.8) is 0 Å². The molecule has 1 aliphatic heterocycles. The van der Waals surface area contributed by atoms with E-state index in [0.717, 1.165) is 5.56 Å². The van der Waals surface area contributed by atoms with E-state index in [9.17, 15) is 23.3 Å². The number of nitro benzene ring substituents is 1. The molecule has 2 aromatic carbocycles. The summed E-state index contributed by atoms with van der Waals surface area (Å²) >= 11 is 5.77. The van der Waals surface area contributed by atoms with E-state index in [2.05, 4.69) is 5.32 Å². The van der Waals surface area contributed by atoms with Crippen LogP contribution < -0.4 is 5.32 Å². The number of carbonyl (C=O) groups is 1. The van der Waals surface area contributed by atoms with E-state index in [1.54, 1.807) is 6.08 Å². The molecule has 11 heteroatoms. The van der Waals surface area contributed by atoms with Crippen molar-refractivity contribution < 1.29 is 18.1 Å². The van der Waals surface area contributed by atoms with Crippen molar-refractivity contribution in [3.05, 3.63) is 74.6 Å². The highest BCUT2D eigenvalue weighted by Crippen LogP contribution is 2.27. The Hall–Kier alpha value is -2.79. The smallest absolute Gasteiger partial charge is 0.289 e. The zero-order chi connectivity index (χ0) is 22.4. The van der Waals surface area contributed by atoms with Crippen LogP contribution in [0.25, 0.3) is 6.08 Å². The van der Waals surface area contributed by atoms with Gasteiger partial charge in [-0.1, -0.05) is 41.9 Å². The first-order valence-electron chi connectivity index (χ1n) is 9.44. The number of halogens is 1. The number of nitrogens with zero attached hydrogens (tertiary/aromatic N) is 3. The summed E-state index contributed by atoms with van der Waals surface area (Å²) in [5, 5.41) is 14.7. The zero-order valence-electron chi connectivity index (χ0n) is 16.5. The average molecular weight is 465 g/mol. The SMILES string of the molecule is O=C(CN1CCN(S(=O)(=O)/C=C/c2ccccc2)CC1)Nc1ccc(Cl)c([N+](=O)[O-])c1. The number of hydrogen-bond acceptors (Lipinski definition) is 6. The Labute approximate surface area is 185 Å². The van der Waals surface area contributed by atoms with Crippen LogP contribution in [-0.4, -0.2) is 61.2 Å². The summed E-state index contributed by atoms with van der Waals surface area (Å²) in [5.41, 5.74) is 0.777. The van der Waals surface area contributed by atoms with Gasteiger partial charge in [-0.05, 0) is 23.8 Å². The quantitative estimate of drug-likeness (QED) is 0.498. The highest BCUT2D eigenvalue weighted by atomic mass is 35.5. The molecular weight excluding hydrogens is 444 g/mol. The fraction of sp³-hybridized carbons (Fsp3) is 0.250. The largest absolute Gasteiger partial charge is 0.325 e. The Morgan fingerprint density at radius 3 is 2.45 bits per heavy atom. The molecule has 31 heavy (non-hydrogen) atoms. The Balaban J connectivity index is 1.52. The van der Waals surface area contributed by atoms with Crippen molar-refractivity contribution in [1.29, 1.82) is 0 Å². The molecule has 0 bridgehead atoms. The summed E-state index contributed by atoms with van der Waals surface area (Å²) in [6.45, 7) is 1.37. The molecule has 1 heterocycles. The predicted molar refractivity (Wildman–Crippen MR) is 119 cm³/mol. The van der Waals surface area contributed by atoms with E-state index in [1.165, 1.54) is 27.9 Å². The zero-order valence-corrected chi connectivity index (χ0v) is 18.1. The number of anilines is 1. The topological polar surface area (TPSA) is 113 Å². The molecular formula is C20H21ClN4O5S. The summed E-state index contributed by atoms with van der Waals surface area (Å²) in [5.74, 6) is -0.350. The fourth-order valence-corrected chi connectivity index (χ4v) is 4.45. The van der Waals surface area contributed by atoms with Crippen molar-refractivity contribution in [1.82, 2.24) is 9.21 Å². The molecule has 3 rings (SSSR count). The number of rotatable bonds is 7. The Morgan fingerprint density at radius 1 is 1.13 bits per heavy atom. The molecule has 0 aromatic heterocycles. The van der Waals surface area contributed by atoms with Crippen molar-refractivity contribution in [2.45, 2.75) is 0 Å². The lowest BCUT2D eigenvalue weighted by molar-refractivity contribution is -0.384. The second-order valence-electron chi connectivity index (χ2n) is 6.91. The molecule has 0 radical (unpaired) electrons. The Morgan fingerprint density at radius 2 is 1.81 bits per heavy atom. The number of carbonyl (C=O) groups excluding carboxylic acids is 1.